The van der Waals surface area contributed by atoms with Crippen molar-refractivity contribution in [2.75, 3.05) is 0 Å². The fourth-order valence-electron chi connectivity index (χ4n) is 3.66. The minimum atomic E-state index is -4.75. The van der Waals surface area contributed by atoms with Gasteiger partial charge in [-0.05, 0) is 35.6 Å². The zero-order valence-corrected chi connectivity index (χ0v) is 13.6. The van der Waals surface area contributed by atoms with Crippen molar-refractivity contribution in [2.45, 2.75) is 36.9 Å². The summed E-state index contributed by atoms with van der Waals surface area (Å²) in [6.07, 6.45) is 0.482. The first-order valence-electron chi connectivity index (χ1n) is 5.74. The summed E-state index contributed by atoms with van der Waals surface area (Å²) in [6.45, 7) is -2.91. The molecule has 18 heavy (non-hydrogen) atoms. The van der Waals surface area contributed by atoms with Crippen LogP contribution in [0.1, 0.15) is 30.4 Å². The van der Waals surface area contributed by atoms with Crippen molar-refractivity contribution in [2.24, 2.45) is 0 Å². The summed E-state index contributed by atoms with van der Waals surface area (Å²) in [7, 11) is 0. The van der Waals surface area contributed by atoms with Gasteiger partial charge in [0.2, 0.25) is 0 Å². The molecule has 0 aliphatic heterocycles. The molecule has 0 radical (unpaired) electrons. The Hall–Kier alpha value is 0.641. The molecule has 0 amide bonds. The molecule has 0 unspecified atom stereocenters. The Morgan fingerprint density at radius 3 is 2.17 bits per heavy atom. The van der Waals surface area contributed by atoms with Crippen LogP contribution in [0.2, 0.25) is 5.31 Å². The Morgan fingerprint density at radius 2 is 1.67 bits per heavy atom. The molecule has 3 saturated carbocycles. The summed E-state index contributed by atoms with van der Waals surface area (Å²) in [5.41, 5.74) is 1.29. The fraction of sp³-hybridized carbons (Fsp3) is 0.500. The molecule has 0 aromatic heterocycles. The van der Waals surface area contributed by atoms with Gasteiger partial charge in [-0.3, -0.25) is 0 Å². The maximum absolute atomic E-state index is 13.2. The molecule has 0 heterocycles. The first-order valence-corrected chi connectivity index (χ1v) is 5.74. The van der Waals surface area contributed by atoms with Crippen molar-refractivity contribution in [3.05, 3.63) is 35.1 Å². The number of rotatable bonds is 2. The van der Waals surface area contributed by atoms with Gasteiger partial charge < -0.3 is 12.9 Å². The number of hydrogen-bond donors (Lipinski definition) is 0. The molecule has 92 valence electrons. The van der Waals surface area contributed by atoms with Gasteiger partial charge in [0.05, 0.1) is 0 Å². The van der Waals surface area contributed by atoms with Gasteiger partial charge in [0.15, 0.2) is 0 Å². The zero-order valence-electron chi connectivity index (χ0n) is 10.4. The smallest absolute Gasteiger partial charge is 0.449 e. The molecule has 0 saturated heterocycles. The van der Waals surface area contributed by atoms with Gasteiger partial charge in [-0.1, -0.05) is 30.6 Å². The third-order valence-electron chi connectivity index (χ3n) is 4.54. The Kier molecular flexibility index (Phi) is 3.61. The summed E-state index contributed by atoms with van der Waals surface area (Å²) in [5, 5.41) is -1.40. The second-order valence-corrected chi connectivity index (χ2v) is 5.71. The molecule has 0 nitrogen and oxygen atoms in total. The van der Waals surface area contributed by atoms with E-state index in [1.165, 1.54) is 12.1 Å². The monoisotopic (exact) mass is 282 g/mol. The van der Waals surface area contributed by atoms with Gasteiger partial charge in [0, 0.05) is 0 Å². The van der Waals surface area contributed by atoms with Crippen LogP contribution in [0, 0.1) is 12.7 Å². The summed E-state index contributed by atoms with van der Waals surface area (Å²) in [6, 6.07) is 4.41. The number of halogens is 4. The quantitative estimate of drug-likeness (QED) is 0.564. The molecule has 3 aliphatic rings. The Morgan fingerprint density at radius 1 is 1.11 bits per heavy atom. The van der Waals surface area contributed by atoms with Crippen molar-refractivity contribution >= 4 is 6.98 Å². The van der Waals surface area contributed by atoms with E-state index in [0.717, 1.165) is 11.1 Å². The van der Waals surface area contributed by atoms with E-state index in [4.69, 9.17) is 0 Å². The van der Waals surface area contributed by atoms with Gasteiger partial charge in [-0.2, -0.15) is 0 Å². The molecule has 0 N–H and O–H groups in total. The molecular weight excluding hydrogens is 270 g/mol. The molecule has 3 aliphatic carbocycles. The predicted molar refractivity (Wildman–Crippen MR) is 58.4 cm³/mol. The zero-order chi connectivity index (χ0) is 12.5. The van der Waals surface area contributed by atoms with E-state index in [-0.39, 0.29) is 81.9 Å². The molecule has 0 atom stereocenters. The van der Waals surface area contributed by atoms with Crippen molar-refractivity contribution in [3.63, 3.8) is 0 Å². The van der Waals surface area contributed by atoms with E-state index in [1.54, 1.807) is 6.07 Å². The van der Waals surface area contributed by atoms with Gasteiger partial charge in [-0.25, -0.2) is 4.39 Å². The van der Waals surface area contributed by atoms with Crippen LogP contribution in [0.25, 0.3) is 0 Å². The average molecular weight is 282 g/mol. The minimum absolute atomic E-state index is 0. The van der Waals surface area contributed by atoms with Gasteiger partial charge >= 0.3 is 58.4 Å². The topological polar surface area (TPSA) is 0 Å². The third kappa shape index (κ3) is 1.87. The summed E-state index contributed by atoms with van der Waals surface area (Å²) < 4.78 is 51.5. The first-order chi connectivity index (χ1) is 7.78. The molecule has 1 aromatic carbocycles. The second kappa shape index (κ2) is 4.32. The van der Waals surface area contributed by atoms with E-state index >= 15 is 0 Å². The largest absolute Gasteiger partial charge is 1.00 e. The summed E-state index contributed by atoms with van der Waals surface area (Å²) >= 11 is 0. The second-order valence-electron chi connectivity index (χ2n) is 5.71. The molecule has 1 aromatic rings. The van der Waals surface area contributed by atoms with Crippen molar-refractivity contribution in [1.29, 1.82) is 0 Å². The van der Waals surface area contributed by atoms with Gasteiger partial charge in [-0.15, -0.1) is 0 Å². The van der Waals surface area contributed by atoms with Crippen LogP contribution in [-0.4, -0.2) is 6.98 Å². The van der Waals surface area contributed by atoms with E-state index < -0.39 is 12.3 Å². The van der Waals surface area contributed by atoms with Crippen LogP contribution >= 0.6 is 0 Å². The standard InChI is InChI=1S/C12H12BF4.K/c1-8-2-3-9(14)4-10(8)11-5-12(6-11,7-11)13(15,16)17;/h2-4H,5-7H2,1H3;/q-1;+1. The minimum Gasteiger partial charge on any atom is -0.449 e. The summed E-state index contributed by atoms with van der Waals surface area (Å²) in [5.74, 6) is -0.359. The van der Waals surface area contributed by atoms with E-state index in [9.17, 15) is 17.3 Å². The Balaban J connectivity index is 0.00000120. The van der Waals surface area contributed by atoms with Crippen molar-refractivity contribution < 1.29 is 68.7 Å². The maximum Gasteiger partial charge on any atom is 1.00 e. The molecule has 0 spiro atoms. The van der Waals surface area contributed by atoms with E-state index in [0.29, 0.717) is 0 Å². The SMILES string of the molecule is Cc1ccc(F)cc1C12CC([B-](F)(F)F)(C1)C2.[K+]. The normalized spacial score (nSPS) is 33.2. The van der Waals surface area contributed by atoms with Crippen molar-refractivity contribution in [1.82, 2.24) is 0 Å². The van der Waals surface area contributed by atoms with Crippen LogP contribution < -0.4 is 51.4 Å². The fourth-order valence-corrected chi connectivity index (χ4v) is 3.66. The molecule has 3 fully saturated rings. The van der Waals surface area contributed by atoms with Gasteiger partial charge in [0.25, 0.3) is 0 Å². The van der Waals surface area contributed by atoms with E-state index in [2.05, 4.69) is 0 Å². The molecule has 2 bridgehead atoms. The molecule has 4 rings (SSSR count). The van der Waals surface area contributed by atoms with Crippen LogP contribution in [0.4, 0.5) is 17.3 Å². The number of benzene rings is 1. The summed E-state index contributed by atoms with van der Waals surface area (Å²) in [4.78, 5) is 0. The maximum atomic E-state index is 13.2. The van der Waals surface area contributed by atoms with Crippen LogP contribution in [0.3, 0.4) is 0 Å². The molecular formula is C12H12BF4K. The first kappa shape index (κ1) is 15.0. The van der Waals surface area contributed by atoms with E-state index in [1.807, 2.05) is 6.92 Å². The Bertz CT molecular complexity index is 478. The third-order valence-corrected chi connectivity index (χ3v) is 4.54. The van der Waals surface area contributed by atoms with Gasteiger partial charge in [0.1, 0.15) is 5.82 Å². The predicted octanol–water partition coefficient (Wildman–Crippen LogP) is 1.16. The van der Waals surface area contributed by atoms with Crippen LogP contribution in [0.5, 0.6) is 0 Å². The molecule has 6 heteroatoms. The van der Waals surface area contributed by atoms with Crippen LogP contribution in [0.15, 0.2) is 18.2 Å². The van der Waals surface area contributed by atoms with Crippen LogP contribution in [-0.2, 0) is 5.41 Å². The number of aryl methyl sites for hydroxylation is 1. The van der Waals surface area contributed by atoms with Crippen molar-refractivity contribution in [3.8, 4) is 0 Å². The Labute approximate surface area is 146 Å². The average Bonchev–Trinajstić information content (AvgIpc) is 2.03. The number of hydrogen-bond acceptors (Lipinski definition) is 0.